The van der Waals surface area contributed by atoms with Crippen molar-refractivity contribution in [3.8, 4) is 0 Å². The predicted octanol–water partition coefficient (Wildman–Crippen LogP) is 2.26. The molecule has 0 unspecified atom stereocenters. The average molecular weight is 324 g/mol. The topological polar surface area (TPSA) is 71.2 Å². The number of nitrogens with zero attached hydrogens (tertiary/aromatic N) is 2. The van der Waals surface area contributed by atoms with Gasteiger partial charge in [-0.3, -0.25) is 4.79 Å². The molecule has 122 valence electrons. The van der Waals surface area contributed by atoms with Crippen LogP contribution in [-0.4, -0.2) is 52.6 Å². The SMILES string of the molecule is O=C(O)c1c2ccccc2n2cc(C(=O)N3CCOCC3)ccc12. The predicted molar refractivity (Wildman–Crippen MR) is 88.6 cm³/mol. The van der Waals surface area contributed by atoms with Crippen molar-refractivity contribution in [1.29, 1.82) is 0 Å². The molecule has 6 heteroatoms. The van der Waals surface area contributed by atoms with Crippen LogP contribution in [0.1, 0.15) is 20.7 Å². The van der Waals surface area contributed by atoms with Crippen LogP contribution in [0, 0.1) is 0 Å². The van der Waals surface area contributed by atoms with Crippen LogP contribution in [0.5, 0.6) is 0 Å². The first-order valence-electron chi connectivity index (χ1n) is 7.80. The number of carboxylic acid groups (broad SMARTS) is 1. The normalized spacial score (nSPS) is 15.1. The first-order chi connectivity index (χ1) is 11.7. The maximum Gasteiger partial charge on any atom is 0.338 e. The lowest BCUT2D eigenvalue weighted by Gasteiger charge is -2.26. The number of rotatable bonds is 2. The quantitative estimate of drug-likeness (QED) is 0.785. The van der Waals surface area contributed by atoms with Crippen LogP contribution in [0.4, 0.5) is 0 Å². The molecular formula is C18H16N2O4. The highest BCUT2D eigenvalue weighted by molar-refractivity contribution is 6.11. The minimum atomic E-state index is -0.971. The van der Waals surface area contributed by atoms with Gasteiger partial charge in [0.1, 0.15) is 0 Å². The zero-order valence-corrected chi connectivity index (χ0v) is 12.9. The van der Waals surface area contributed by atoms with E-state index in [9.17, 15) is 14.7 Å². The molecule has 1 fully saturated rings. The van der Waals surface area contributed by atoms with Crippen molar-refractivity contribution in [2.24, 2.45) is 0 Å². The standard InChI is InChI=1S/C18H16N2O4/c21-17(19-7-9-24-10-8-19)12-5-6-15-16(18(22)23)13-3-1-2-4-14(13)20(15)11-12/h1-6,11H,7-10H2,(H,22,23). The number of aromatic carboxylic acids is 1. The summed E-state index contributed by atoms with van der Waals surface area (Å²) in [5.41, 5.74) is 2.17. The molecule has 1 aliphatic heterocycles. The summed E-state index contributed by atoms with van der Waals surface area (Å²) in [7, 11) is 0. The summed E-state index contributed by atoms with van der Waals surface area (Å²) in [5.74, 6) is -1.03. The van der Waals surface area contributed by atoms with Crippen molar-refractivity contribution < 1.29 is 19.4 Å². The molecule has 1 N–H and O–H groups in total. The van der Waals surface area contributed by atoms with Gasteiger partial charge in [0, 0.05) is 24.7 Å². The second kappa shape index (κ2) is 5.65. The Morgan fingerprint density at radius 2 is 1.75 bits per heavy atom. The molecule has 0 bridgehead atoms. The fraction of sp³-hybridized carbons (Fsp3) is 0.222. The molecule has 24 heavy (non-hydrogen) atoms. The Morgan fingerprint density at radius 1 is 1.00 bits per heavy atom. The van der Waals surface area contributed by atoms with Gasteiger partial charge in [0.2, 0.25) is 0 Å². The lowest BCUT2D eigenvalue weighted by Crippen LogP contribution is -2.40. The van der Waals surface area contributed by atoms with E-state index < -0.39 is 5.97 Å². The number of para-hydroxylation sites is 1. The number of ether oxygens (including phenoxy) is 1. The van der Waals surface area contributed by atoms with Gasteiger partial charge in [-0.1, -0.05) is 18.2 Å². The van der Waals surface area contributed by atoms with Gasteiger partial charge in [-0.2, -0.15) is 0 Å². The van der Waals surface area contributed by atoms with E-state index in [1.807, 2.05) is 18.2 Å². The van der Waals surface area contributed by atoms with Gasteiger partial charge < -0.3 is 19.1 Å². The Balaban J connectivity index is 1.87. The zero-order chi connectivity index (χ0) is 16.7. The van der Waals surface area contributed by atoms with Gasteiger partial charge in [-0.15, -0.1) is 0 Å². The summed E-state index contributed by atoms with van der Waals surface area (Å²) < 4.78 is 7.06. The van der Waals surface area contributed by atoms with Gasteiger partial charge in [0.15, 0.2) is 0 Å². The number of carbonyl (C=O) groups is 2. The van der Waals surface area contributed by atoms with Gasteiger partial charge >= 0.3 is 5.97 Å². The second-order valence-electron chi connectivity index (χ2n) is 5.77. The summed E-state index contributed by atoms with van der Waals surface area (Å²) in [5, 5.41) is 10.2. The van der Waals surface area contributed by atoms with Crippen molar-refractivity contribution in [2.75, 3.05) is 26.3 Å². The van der Waals surface area contributed by atoms with Crippen LogP contribution in [0.3, 0.4) is 0 Å². The van der Waals surface area contributed by atoms with Crippen molar-refractivity contribution in [2.45, 2.75) is 0 Å². The summed E-state index contributed by atoms with van der Waals surface area (Å²) in [4.78, 5) is 26.1. The van der Waals surface area contributed by atoms with Crippen molar-refractivity contribution in [3.63, 3.8) is 0 Å². The van der Waals surface area contributed by atoms with E-state index in [0.29, 0.717) is 42.8 Å². The third-order valence-electron chi connectivity index (χ3n) is 4.40. The van der Waals surface area contributed by atoms with Gasteiger partial charge in [0.05, 0.1) is 35.4 Å². The van der Waals surface area contributed by atoms with Crippen molar-refractivity contribution in [1.82, 2.24) is 9.30 Å². The van der Waals surface area contributed by atoms with Crippen LogP contribution in [0.25, 0.3) is 16.4 Å². The number of fused-ring (bicyclic) bond motifs is 3. The molecule has 1 aromatic carbocycles. The molecule has 3 heterocycles. The maximum absolute atomic E-state index is 12.7. The van der Waals surface area contributed by atoms with Crippen LogP contribution >= 0.6 is 0 Å². The highest BCUT2D eigenvalue weighted by Gasteiger charge is 2.21. The first kappa shape index (κ1) is 14.7. The number of amides is 1. The lowest BCUT2D eigenvalue weighted by molar-refractivity contribution is 0.0302. The smallest absolute Gasteiger partial charge is 0.338 e. The molecular weight excluding hydrogens is 308 g/mol. The number of hydrogen-bond acceptors (Lipinski definition) is 3. The monoisotopic (exact) mass is 324 g/mol. The molecule has 0 saturated carbocycles. The minimum Gasteiger partial charge on any atom is -0.478 e. The summed E-state index contributed by atoms with van der Waals surface area (Å²) >= 11 is 0. The van der Waals surface area contributed by atoms with E-state index >= 15 is 0 Å². The molecule has 0 atom stereocenters. The Labute approximate surface area is 137 Å². The molecule has 3 aromatic rings. The Bertz CT molecular complexity index is 954. The summed E-state index contributed by atoms with van der Waals surface area (Å²) in [6.45, 7) is 2.24. The number of hydrogen-bond donors (Lipinski definition) is 1. The van der Waals surface area contributed by atoms with E-state index in [2.05, 4.69) is 0 Å². The average Bonchev–Trinajstić information content (AvgIpc) is 2.95. The molecule has 0 radical (unpaired) electrons. The Morgan fingerprint density at radius 3 is 2.50 bits per heavy atom. The Hall–Kier alpha value is -2.86. The largest absolute Gasteiger partial charge is 0.478 e. The molecule has 4 rings (SSSR count). The van der Waals surface area contributed by atoms with Crippen LogP contribution < -0.4 is 0 Å². The van der Waals surface area contributed by atoms with E-state index in [-0.39, 0.29) is 11.5 Å². The highest BCUT2D eigenvalue weighted by atomic mass is 16.5. The first-order valence-corrected chi connectivity index (χ1v) is 7.80. The number of carboxylic acids is 1. The molecule has 0 aliphatic carbocycles. The lowest BCUT2D eigenvalue weighted by atomic mass is 10.1. The van der Waals surface area contributed by atoms with Gasteiger partial charge in [-0.05, 0) is 18.2 Å². The molecule has 2 aromatic heterocycles. The third kappa shape index (κ3) is 2.23. The molecule has 6 nitrogen and oxygen atoms in total. The molecule has 1 amide bonds. The number of morpholine rings is 1. The second-order valence-corrected chi connectivity index (χ2v) is 5.77. The van der Waals surface area contributed by atoms with Crippen molar-refractivity contribution >= 4 is 28.3 Å². The van der Waals surface area contributed by atoms with Gasteiger partial charge in [-0.25, -0.2) is 4.79 Å². The van der Waals surface area contributed by atoms with Crippen LogP contribution in [-0.2, 0) is 4.74 Å². The van der Waals surface area contributed by atoms with E-state index in [1.54, 1.807) is 33.7 Å². The molecule has 1 aliphatic rings. The number of aromatic nitrogens is 1. The van der Waals surface area contributed by atoms with Crippen LogP contribution in [0.2, 0.25) is 0 Å². The maximum atomic E-state index is 12.7. The summed E-state index contributed by atoms with van der Waals surface area (Å²) in [6.07, 6.45) is 1.72. The summed E-state index contributed by atoms with van der Waals surface area (Å²) in [6, 6.07) is 10.7. The molecule has 0 spiro atoms. The minimum absolute atomic E-state index is 0.0603. The molecule has 1 saturated heterocycles. The number of benzene rings is 1. The van der Waals surface area contributed by atoms with Gasteiger partial charge in [0.25, 0.3) is 5.91 Å². The number of pyridine rings is 1. The van der Waals surface area contributed by atoms with E-state index in [0.717, 1.165) is 5.52 Å². The number of carbonyl (C=O) groups excluding carboxylic acids is 1. The van der Waals surface area contributed by atoms with Crippen LogP contribution in [0.15, 0.2) is 42.6 Å². The van der Waals surface area contributed by atoms with E-state index in [1.165, 1.54) is 0 Å². The highest BCUT2D eigenvalue weighted by Crippen LogP contribution is 2.27. The fourth-order valence-corrected chi connectivity index (χ4v) is 3.24. The zero-order valence-electron chi connectivity index (χ0n) is 12.9. The fourth-order valence-electron chi connectivity index (χ4n) is 3.24. The Kier molecular flexibility index (Phi) is 3.46. The van der Waals surface area contributed by atoms with E-state index in [4.69, 9.17) is 4.74 Å². The van der Waals surface area contributed by atoms with Crippen molar-refractivity contribution in [3.05, 3.63) is 53.7 Å². The third-order valence-corrected chi connectivity index (χ3v) is 4.40.